The standard InChI is InChI=1S/C16H26N2/c1-12(2)16(3,4)11-17-10-13-5-6-15-14(9-13)7-8-18-15/h5-6,9,12,17-18H,7-8,10-11H2,1-4H3. The summed E-state index contributed by atoms with van der Waals surface area (Å²) in [6, 6.07) is 6.78. The second kappa shape index (κ2) is 5.31. The number of fused-ring (bicyclic) bond motifs is 1. The van der Waals surface area contributed by atoms with E-state index in [2.05, 4.69) is 56.5 Å². The van der Waals surface area contributed by atoms with Gasteiger partial charge in [-0.1, -0.05) is 39.8 Å². The third-order valence-electron chi connectivity index (χ3n) is 4.35. The van der Waals surface area contributed by atoms with Crippen LogP contribution >= 0.6 is 0 Å². The van der Waals surface area contributed by atoms with Gasteiger partial charge in [-0.25, -0.2) is 0 Å². The lowest BCUT2D eigenvalue weighted by atomic mass is 9.81. The number of nitrogens with one attached hydrogen (secondary N) is 2. The predicted molar refractivity (Wildman–Crippen MR) is 79.0 cm³/mol. The molecule has 2 heteroatoms. The van der Waals surface area contributed by atoms with Crippen molar-refractivity contribution in [3.8, 4) is 0 Å². The van der Waals surface area contributed by atoms with Gasteiger partial charge in [0.2, 0.25) is 0 Å². The minimum absolute atomic E-state index is 0.359. The molecule has 1 aromatic carbocycles. The predicted octanol–water partition coefficient (Wildman–Crippen LogP) is 3.43. The van der Waals surface area contributed by atoms with Crippen LogP contribution in [0.2, 0.25) is 0 Å². The van der Waals surface area contributed by atoms with Crippen molar-refractivity contribution in [1.82, 2.24) is 5.32 Å². The molecule has 0 fully saturated rings. The zero-order valence-corrected chi connectivity index (χ0v) is 12.1. The van der Waals surface area contributed by atoms with Crippen molar-refractivity contribution in [1.29, 1.82) is 0 Å². The molecule has 1 aliphatic rings. The van der Waals surface area contributed by atoms with Crippen LogP contribution in [0.25, 0.3) is 0 Å². The normalized spacial score (nSPS) is 14.7. The number of anilines is 1. The van der Waals surface area contributed by atoms with E-state index in [4.69, 9.17) is 0 Å². The first-order valence-corrected chi connectivity index (χ1v) is 7.05. The fraction of sp³-hybridized carbons (Fsp3) is 0.625. The Balaban J connectivity index is 1.87. The molecule has 1 aromatic rings. The van der Waals surface area contributed by atoms with Gasteiger partial charge in [-0.15, -0.1) is 0 Å². The average molecular weight is 246 g/mol. The van der Waals surface area contributed by atoms with Gasteiger partial charge in [0.25, 0.3) is 0 Å². The third kappa shape index (κ3) is 3.05. The molecule has 1 aliphatic heterocycles. The zero-order chi connectivity index (χ0) is 13.2. The van der Waals surface area contributed by atoms with Gasteiger partial charge in [0, 0.05) is 25.3 Å². The molecule has 0 saturated heterocycles. The molecule has 0 aliphatic carbocycles. The molecule has 0 saturated carbocycles. The third-order valence-corrected chi connectivity index (χ3v) is 4.35. The van der Waals surface area contributed by atoms with Crippen LogP contribution in [0, 0.1) is 11.3 Å². The SMILES string of the molecule is CC(C)C(C)(C)CNCc1ccc2c(c1)CCN2. The molecule has 0 radical (unpaired) electrons. The van der Waals surface area contributed by atoms with Crippen molar-refractivity contribution in [2.75, 3.05) is 18.4 Å². The van der Waals surface area contributed by atoms with Crippen LogP contribution in [0.1, 0.15) is 38.8 Å². The summed E-state index contributed by atoms with van der Waals surface area (Å²) in [5.74, 6) is 0.703. The van der Waals surface area contributed by atoms with Gasteiger partial charge >= 0.3 is 0 Å². The first-order chi connectivity index (χ1) is 8.49. The summed E-state index contributed by atoms with van der Waals surface area (Å²) < 4.78 is 0. The summed E-state index contributed by atoms with van der Waals surface area (Å²) in [7, 11) is 0. The molecule has 2 rings (SSSR count). The molecular formula is C16H26N2. The van der Waals surface area contributed by atoms with Gasteiger partial charge in [-0.3, -0.25) is 0 Å². The molecule has 1 heterocycles. The molecule has 0 bridgehead atoms. The molecule has 18 heavy (non-hydrogen) atoms. The maximum Gasteiger partial charge on any atom is 0.0373 e. The first-order valence-electron chi connectivity index (χ1n) is 7.05. The van der Waals surface area contributed by atoms with Crippen LogP contribution in [-0.4, -0.2) is 13.1 Å². The Morgan fingerprint density at radius 2 is 2.11 bits per heavy atom. The zero-order valence-electron chi connectivity index (χ0n) is 12.1. The second-order valence-corrected chi connectivity index (χ2v) is 6.42. The molecule has 2 nitrogen and oxygen atoms in total. The highest BCUT2D eigenvalue weighted by Crippen LogP contribution is 2.25. The minimum Gasteiger partial charge on any atom is -0.384 e. The highest BCUT2D eigenvalue weighted by molar-refractivity contribution is 5.56. The molecule has 0 spiro atoms. The van der Waals surface area contributed by atoms with E-state index in [1.54, 1.807) is 0 Å². The Kier molecular flexibility index (Phi) is 3.96. The Bertz CT molecular complexity index is 408. The Hall–Kier alpha value is -1.02. The van der Waals surface area contributed by atoms with E-state index in [9.17, 15) is 0 Å². The second-order valence-electron chi connectivity index (χ2n) is 6.42. The van der Waals surface area contributed by atoms with Crippen LogP contribution in [0.15, 0.2) is 18.2 Å². The van der Waals surface area contributed by atoms with Crippen LogP contribution in [0.3, 0.4) is 0 Å². The number of hydrogen-bond acceptors (Lipinski definition) is 2. The number of benzene rings is 1. The first kappa shape index (κ1) is 13.4. The van der Waals surface area contributed by atoms with Crippen molar-refractivity contribution < 1.29 is 0 Å². The van der Waals surface area contributed by atoms with Crippen LogP contribution in [0.5, 0.6) is 0 Å². The molecule has 0 unspecified atom stereocenters. The fourth-order valence-electron chi connectivity index (χ4n) is 2.20. The topological polar surface area (TPSA) is 24.1 Å². The van der Waals surface area contributed by atoms with Gasteiger partial charge in [0.05, 0.1) is 0 Å². The van der Waals surface area contributed by atoms with Crippen molar-refractivity contribution in [3.63, 3.8) is 0 Å². The average Bonchev–Trinajstić information content (AvgIpc) is 2.75. The van der Waals surface area contributed by atoms with E-state index in [0.717, 1.165) is 19.6 Å². The Labute approximate surface area is 111 Å². The summed E-state index contributed by atoms with van der Waals surface area (Å²) in [5.41, 5.74) is 4.55. The summed E-state index contributed by atoms with van der Waals surface area (Å²) in [6.45, 7) is 12.4. The summed E-state index contributed by atoms with van der Waals surface area (Å²) in [4.78, 5) is 0. The molecular weight excluding hydrogens is 220 g/mol. The summed E-state index contributed by atoms with van der Waals surface area (Å²) in [6.07, 6.45) is 1.17. The fourth-order valence-corrected chi connectivity index (χ4v) is 2.20. The molecule has 2 N–H and O–H groups in total. The highest BCUT2D eigenvalue weighted by Gasteiger charge is 2.21. The lowest BCUT2D eigenvalue weighted by Gasteiger charge is -2.29. The van der Waals surface area contributed by atoms with Gasteiger partial charge in [0.1, 0.15) is 0 Å². The maximum atomic E-state index is 3.59. The van der Waals surface area contributed by atoms with Crippen LogP contribution in [0.4, 0.5) is 5.69 Å². The van der Waals surface area contributed by atoms with E-state index >= 15 is 0 Å². The van der Waals surface area contributed by atoms with Gasteiger partial charge < -0.3 is 10.6 Å². The van der Waals surface area contributed by atoms with E-state index in [-0.39, 0.29) is 0 Å². The number of rotatable bonds is 5. The Morgan fingerprint density at radius 1 is 1.33 bits per heavy atom. The maximum absolute atomic E-state index is 3.59. The largest absolute Gasteiger partial charge is 0.384 e. The lowest BCUT2D eigenvalue weighted by Crippen LogP contribution is -2.33. The molecule has 0 atom stereocenters. The quantitative estimate of drug-likeness (QED) is 0.832. The van der Waals surface area contributed by atoms with Gasteiger partial charge in [-0.2, -0.15) is 0 Å². The van der Waals surface area contributed by atoms with Crippen LogP contribution in [-0.2, 0) is 13.0 Å². The van der Waals surface area contributed by atoms with Crippen molar-refractivity contribution in [2.45, 2.75) is 40.7 Å². The highest BCUT2D eigenvalue weighted by atomic mass is 14.9. The summed E-state index contributed by atoms with van der Waals surface area (Å²) in [5, 5.41) is 7.00. The van der Waals surface area contributed by atoms with Crippen LogP contribution < -0.4 is 10.6 Å². The molecule has 100 valence electrons. The monoisotopic (exact) mass is 246 g/mol. The smallest absolute Gasteiger partial charge is 0.0373 e. The van der Waals surface area contributed by atoms with E-state index in [1.165, 1.54) is 23.2 Å². The van der Waals surface area contributed by atoms with Crippen molar-refractivity contribution >= 4 is 5.69 Å². The van der Waals surface area contributed by atoms with E-state index in [0.29, 0.717) is 11.3 Å². The van der Waals surface area contributed by atoms with Gasteiger partial charge in [0.15, 0.2) is 0 Å². The lowest BCUT2D eigenvalue weighted by molar-refractivity contribution is 0.238. The minimum atomic E-state index is 0.359. The Morgan fingerprint density at radius 3 is 2.83 bits per heavy atom. The van der Waals surface area contributed by atoms with Crippen molar-refractivity contribution in [3.05, 3.63) is 29.3 Å². The molecule has 0 amide bonds. The number of hydrogen-bond donors (Lipinski definition) is 2. The van der Waals surface area contributed by atoms with Gasteiger partial charge in [-0.05, 0) is 34.9 Å². The van der Waals surface area contributed by atoms with Crippen molar-refractivity contribution in [2.24, 2.45) is 11.3 Å². The molecule has 0 aromatic heterocycles. The van der Waals surface area contributed by atoms with E-state index < -0.39 is 0 Å². The van der Waals surface area contributed by atoms with E-state index in [1.807, 2.05) is 0 Å². The summed E-state index contributed by atoms with van der Waals surface area (Å²) >= 11 is 0.